The minimum atomic E-state index is -3.69. The summed E-state index contributed by atoms with van der Waals surface area (Å²) >= 11 is 0. The number of rotatable bonds is 4. The summed E-state index contributed by atoms with van der Waals surface area (Å²) in [5.41, 5.74) is 0. The Morgan fingerprint density at radius 1 is 1.38 bits per heavy atom. The minimum Gasteiger partial charge on any atom is -0.374 e. The number of sulfonamides is 1. The number of hydrogen-bond donors (Lipinski definition) is 1. The van der Waals surface area contributed by atoms with Crippen LogP contribution in [-0.4, -0.2) is 48.9 Å². The molecule has 2 rings (SSSR count). The van der Waals surface area contributed by atoms with Crippen LogP contribution in [0.15, 0.2) is 12.4 Å². The van der Waals surface area contributed by atoms with Gasteiger partial charge in [-0.05, 0) is 20.3 Å². The molecule has 1 fully saturated rings. The maximum atomic E-state index is 12.9. The predicted molar refractivity (Wildman–Crippen MR) is 75.7 cm³/mol. The van der Waals surface area contributed by atoms with Crippen molar-refractivity contribution >= 4 is 16.0 Å². The first-order valence-corrected chi connectivity index (χ1v) is 8.26. The second kappa shape index (κ2) is 6.20. The molecule has 1 aromatic rings. The highest BCUT2D eigenvalue weighted by molar-refractivity contribution is 7.89. The number of anilines is 1. The summed E-state index contributed by atoms with van der Waals surface area (Å²) < 4.78 is 41.9. The van der Waals surface area contributed by atoms with Crippen LogP contribution in [0.2, 0.25) is 0 Å². The van der Waals surface area contributed by atoms with Gasteiger partial charge in [-0.2, -0.15) is 0 Å². The molecule has 9 heteroatoms. The smallest absolute Gasteiger partial charge is 0.225 e. The molecule has 2 heterocycles. The van der Waals surface area contributed by atoms with Crippen LogP contribution >= 0.6 is 0 Å². The summed E-state index contributed by atoms with van der Waals surface area (Å²) in [4.78, 5) is 9.42. The first-order valence-electron chi connectivity index (χ1n) is 6.65. The molecule has 2 atom stereocenters. The van der Waals surface area contributed by atoms with Gasteiger partial charge in [0.1, 0.15) is 0 Å². The standard InChI is InChI=1S/C12H19FN4O3S/c1-8(2)20-10-3-11(21(14,18)19)7-17(6-10)12-15-4-9(13)5-16-12/h4-5,8,10-11H,3,6-7H2,1-2H3,(H2,14,18,19)/t10-,11-/m0/s1. The Balaban J connectivity index is 2.21. The van der Waals surface area contributed by atoms with Gasteiger partial charge in [-0.25, -0.2) is 27.9 Å². The van der Waals surface area contributed by atoms with Gasteiger partial charge in [0.2, 0.25) is 16.0 Å². The van der Waals surface area contributed by atoms with Crippen molar-refractivity contribution in [2.24, 2.45) is 5.14 Å². The Morgan fingerprint density at radius 3 is 2.52 bits per heavy atom. The number of nitrogens with zero attached hydrogens (tertiary/aromatic N) is 3. The third-order valence-electron chi connectivity index (χ3n) is 3.19. The first-order chi connectivity index (χ1) is 9.75. The van der Waals surface area contributed by atoms with Crippen LogP contribution in [0.25, 0.3) is 0 Å². The largest absolute Gasteiger partial charge is 0.374 e. The zero-order chi connectivity index (χ0) is 15.6. The molecule has 1 saturated heterocycles. The van der Waals surface area contributed by atoms with Crippen molar-refractivity contribution in [1.82, 2.24) is 9.97 Å². The van der Waals surface area contributed by atoms with Crippen molar-refractivity contribution in [3.63, 3.8) is 0 Å². The van der Waals surface area contributed by atoms with Crippen molar-refractivity contribution in [2.75, 3.05) is 18.0 Å². The fraction of sp³-hybridized carbons (Fsp3) is 0.667. The van der Waals surface area contributed by atoms with E-state index < -0.39 is 21.1 Å². The molecule has 0 unspecified atom stereocenters. The highest BCUT2D eigenvalue weighted by Gasteiger charge is 2.35. The average molecular weight is 318 g/mol. The van der Waals surface area contributed by atoms with E-state index in [0.29, 0.717) is 13.0 Å². The van der Waals surface area contributed by atoms with Crippen LogP contribution in [0.1, 0.15) is 20.3 Å². The molecule has 1 aliphatic rings. The van der Waals surface area contributed by atoms with E-state index >= 15 is 0 Å². The minimum absolute atomic E-state index is 0.0368. The number of primary sulfonamides is 1. The van der Waals surface area contributed by atoms with E-state index in [1.54, 1.807) is 4.90 Å². The molecule has 0 radical (unpaired) electrons. The molecule has 2 N–H and O–H groups in total. The lowest BCUT2D eigenvalue weighted by Gasteiger charge is -2.37. The van der Waals surface area contributed by atoms with Gasteiger partial charge >= 0.3 is 0 Å². The second-order valence-electron chi connectivity index (χ2n) is 5.36. The number of halogens is 1. The average Bonchev–Trinajstić information content (AvgIpc) is 2.37. The van der Waals surface area contributed by atoms with Gasteiger partial charge in [0, 0.05) is 13.1 Å². The Kier molecular flexibility index (Phi) is 4.74. The van der Waals surface area contributed by atoms with E-state index in [1.165, 1.54) is 0 Å². The number of piperidine rings is 1. The molecule has 0 saturated carbocycles. The Morgan fingerprint density at radius 2 is 2.00 bits per heavy atom. The van der Waals surface area contributed by atoms with Crippen LogP contribution in [0, 0.1) is 5.82 Å². The monoisotopic (exact) mass is 318 g/mol. The molecule has 1 aliphatic heterocycles. The summed E-state index contributed by atoms with van der Waals surface area (Å²) in [5, 5.41) is 4.50. The molecule has 0 bridgehead atoms. The van der Waals surface area contributed by atoms with E-state index in [9.17, 15) is 12.8 Å². The summed E-state index contributed by atoms with van der Waals surface area (Å²) in [6.45, 7) is 4.36. The Labute approximate surface area is 123 Å². The van der Waals surface area contributed by atoms with E-state index in [-0.39, 0.29) is 24.7 Å². The lowest BCUT2D eigenvalue weighted by molar-refractivity contribution is 0.00144. The molecule has 1 aromatic heterocycles. The van der Waals surface area contributed by atoms with Gasteiger partial charge in [-0.3, -0.25) is 0 Å². The van der Waals surface area contributed by atoms with Crippen molar-refractivity contribution in [3.8, 4) is 0 Å². The molecule has 118 valence electrons. The third-order valence-corrected chi connectivity index (χ3v) is 4.46. The van der Waals surface area contributed by atoms with Crippen LogP contribution in [0.4, 0.5) is 10.3 Å². The quantitative estimate of drug-likeness (QED) is 0.856. The normalized spacial score (nSPS) is 23.6. The molecular formula is C12H19FN4O3S. The highest BCUT2D eigenvalue weighted by atomic mass is 32.2. The van der Waals surface area contributed by atoms with Crippen molar-refractivity contribution in [3.05, 3.63) is 18.2 Å². The van der Waals surface area contributed by atoms with Gasteiger partial charge in [0.05, 0.1) is 29.9 Å². The van der Waals surface area contributed by atoms with E-state index in [2.05, 4.69) is 9.97 Å². The SMILES string of the molecule is CC(C)O[C@H]1C[C@H](S(N)(=O)=O)CN(c2ncc(F)cn2)C1. The number of ether oxygens (including phenoxy) is 1. The maximum Gasteiger partial charge on any atom is 0.225 e. The van der Waals surface area contributed by atoms with Crippen LogP contribution in [-0.2, 0) is 14.8 Å². The molecule has 0 aromatic carbocycles. The van der Waals surface area contributed by atoms with E-state index in [0.717, 1.165) is 12.4 Å². The maximum absolute atomic E-state index is 12.9. The van der Waals surface area contributed by atoms with Crippen LogP contribution in [0.3, 0.4) is 0 Å². The van der Waals surface area contributed by atoms with E-state index in [1.807, 2.05) is 13.8 Å². The van der Waals surface area contributed by atoms with Gasteiger partial charge < -0.3 is 9.64 Å². The molecule has 0 amide bonds. The molecule has 7 nitrogen and oxygen atoms in total. The lowest BCUT2D eigenvalue weighted by atomic mass is 10.1. The second-order valence-corrected chi connectivity index (χ2v) is 7.20. The lowest BCUT2D eigenvalue weighted by Crippen LogP contribution is -2.52. The molecule has 0 spiro atoms. The van der Waals surface area contributed by atoms with Crippen molar-refractivity contribution < 1.29 is 17.5 Å². The highest BCUT2D eigenvalue weighted by Crippen LogP contribution is 2.22. The van der Waals surface area contributed by atoms with Gasteiger partial charge in [-0.1, -0.05) is 0 Å². The fourth-order valence-corrected chi connectivity index (χ4v) is 3.23. The summed E-state index contributed by atoms with van der Waals surface area (Å²) in [6.07, 6.45) is 2.08. The molecule has 0 aliphatic carbocycles. The zero-order valence-electron chi connectivity index (χ0n) is 11.9. The molecule has 21 heavy (non-hydrogen) atoms. The van der Waals surface area contributed by atoms with Gasteiger partial charge in [0.15, 0.2) is 5.82 Å². The summed E-state index contributed by atoms with van der Waals surface area (Å²) in [7, 11) is -3.69. The number of hydrogen-bond acceptors (Lipinski definition) is 6. The number of nitrogens with two attached hydrogens (primary N) is 1. The Bertz CT molecular complexity index is 579. The van der Waals surface area contributed by atoms with Crippen LogP contribution < -0.4 is 10.0 Å². The van der Waals surface area contributed by atoms with Gasteiger partial charge in [-0.15, -0.1) is 0 Å². The summed E-state index contributed by atoms with van der Waals surface area (Å²) in [6, 6.07) is 0. The van der Waals surface area contributed by atoms with Gasteiger partial charge in [0.25, 0.3) is 0 Å². The van der Waals surface area contributed by atoms with E-state index in [4.69, 9.17) is 9.88 Å². The summed E-state index contributed by atoms with van der Waals surface area (Å²) in [5.74, 6) is -0.282. The molecular weight excluding hydrogens is 299 g/mol. The topological polar surface area (TPSA) is 98.4 Å². The zero-order valence-corrected chi connectivity index (χ0v) is 12.8. The third kappa shape index (κ3) is 4.32. The van der Waals surface area contributed by atoms with Crippen molar-refractivity contribution in [2.45, 2.75) is 37.7 Å². The predicted octanol–water partition coefficient (Wildman–Crippen LogP) is 0.276. The first kappa shape index (κ1) is 16.1. The van der Waals surface area contributed by atoms with Crippen molar-refractivity contribution in [1.29, 1.82) is 0 Å². The Hall–Kier alpha value is -1.32. The number of aromatic nitrogens is 2. The van der Waals surface area contributed by atoms with Crippen LogP contribution in [0.5, 0.6) is 0 Å². The fourth-order valence-electron chi connectivity index (χ4n) is 2.36.